The maximum absolute atomic E-state index is 11.6. The van der Waals surface area contributed by atoms with Gasteiger partial charge in [0.1, 0.15) is 0 Å². The highest BCUT2D eigenvalue weighted by Gasteiger charge is 2.24. The average molecular weight is 228 g/mol. The first-order valence-corrected chi connectivity index (χ1v) is 6.31. The second-order valence-electron chi connectivity index (χ2n) is 4.90. The van der Waals surface area contributed by atoms with E-state index in [0.717, 1.165) is 19.3 Å². The number of carbonyl (C=O) groups is 1. The van der Waals surface area contributed by atoms with E-state index in [4.69, 9.17) is 5.11 Å². The van der Waals surface area contributed by atoms with Gasteiger partial charge in [-0.05, 0) is 38.5 Å². The number of aliphatic hydroxyl groups excluding tert-OH is 1. The van der Waals surface area contributed by atoms with Gasteiger partial charge in [0.15, 0.2) is 0 Å². The molecule has 0 saturated heterocycles. The van der Waals surface area contributed by atoms with E-state index >= 15 is 0 Å². The van der Waals surface area contributed by atoms with E-state index in [1.807, 2.05) is 6.92 Å². The molecule has 0 bridgehead atoms. The van der Waals surface area contributed by atoms with Gasteiger partial charge in [0, 0.05) is 18.7 Å². The molecule has 1 aliphatic carbocycles. The number of hydrogen-bond acceptors (Lipinski definition) is 2. The van der Waals surface area contributed by atoms with Gasteiger partial charge < -0.3 is 15.7 Å². The van der Waals surface area contributed by atoms with Gasteiger partial charge in [-0.15, -0.1) is 0 Å². The molecule has 3 N–H and O–H groups in total. The number of hydrogen-bond donors (Lipinski definition) is 3. The van der Waals surface area contributed by atoms with Crippen LogP contribution in [0.2, 0.25) is 0 Å². The zero-order valence-corrected chi connectivity index (χ0v) is 10.3. The predicted octanol–water partition coefficient (Wildman–Crippen LogP) is 1.64. The van der Waals surface area contributed by atoms with Crippen LogP contribution < -0.4 is 10.6 Å². The van der Waals surface area contributed by atoms with Crippen LogP contribution in [0.4, 0.5) is 4.79 Å². The molecule has 16 heavy (non-hydrogen) atoms. The summed E-state index contributed by atoms with van der Waals surface area (Å²) in [5.74, 6) is 0.596. The highest BCUT2D eigenvalue weighted by molar-refractivity contribution is 5.74. The standard InChI is InChI=1S/C12H24N2O2/c1-9-5-3-7-11(9)14-12(16)13-10(2)6-4-8-15/h9-11,15H,3-8H2,1-2H3,(H2,13,14,16). The van der Waals surface area contributed by atoms with Crippen LogP contribution in [-0.4, -0.2) is 29.8 Å². The summed E-state index contributed by atoms with van der Waals surface area (Å²) >= 11 is 0. The van der Waals surface area contributed by atoms with Crippen LogP contribution in [0.5, 0.6) is 0 Å². The highest BCUT2D eigenvalue weighted by Crippen LogP contribution is 2.24. The molecule has 0 heterocycles. The van der Waals surface area contributed by atoms with Gasteiger partial charge in [0.25, 0.3) is 0 Å². The molecule has 94 valence electrons. The average Bonchev–Trinajstić information content (AvgIpc) is 2.61. The molecule has 3 unspecified atom stereocenters. The Morgan fingerprint density at radius 1 is 1.50 bits per heavy atom. The van der Waals surface area contributed by atoms with Gasteiger partial charge >= 0.3 is 6.03 Å². The number of rotatable bonds is 5. The minimum Gasteiger partial charge on any atom is -0.396 e. The molecule has 0 aliphatic heterocycles. The summed E-state index contributed by atoms with van der Waals surface area (Å²) in [5, 5.41) is 14.6. The first-order chi connectivity index (χ1) is 7.63. The summed E-state index contributed by atoms with van der Waals surface area (Å²) < 4.78 is 0. The van der Waals surface area contributed by atoms with Crippen molar-refractivity contribution in [1.29, 1.82) is 0 Å². The van der Waals surface area contributed by atoms with E-state index in [0.29, 0.717) is 12.0 Å². The molecule has 3 atom stereocenters. The second kappa shape index (κ2) is 6.74. The summed E-state index contributed by atoms with van der Waals surface area (Å²) in [6, 6.07) is 0.401. The zero-order chi connectivity index (χ0) is 12.0. The third-order valence-corrected chi connectivity index (χ3v) is 3.35. The van der Waals surface area contributed by atoms with E-state index in [1.165, 1.54) is 12.8 Å². The molecule has 0 aromatic rings. The molecule has 1 saturated carbocycles. The van der Waals surface area contributed by atoms with Crippen LogP contribution in [0.1, 0.15) is 46.0 Å². The van der Waals surface area contributed by atoms with Gasteiger partial charge in [0.2, 0.25) is 0 Å². The number of aliphatic hydroxyl groups is 1. The fraction of sp³-hybridized carbons (Fsp3) is 0.917. The Morgan fingerprint density at radius 2 is 2.25 bits per heavy atom. The molecule has 1 aliphatic rings. The van der Waals surface area contributed by atoms with Crippen molar-refractivity contribution in [2.45, 2.75) is 58.0 Å². The molecule has 4 nitrogen and oxygen atoms in total. The topological polar surface area (TPSA) is 61.4 Å². The Bertz CT molecular complexity index is 221. The molecular weight excluding hydrogens is 204 g/mol. The Kier molecular flexibility index (Phi) is 5.60. The third-order valence-electron chi connectivity index (χ3n) is 3.35. The lowest BCUT2D eigenvalue weighted by atomic mass is 10.1. The first kappa shape index (κ1) is 13.3. The number of carbonyl (C=O) groups excluding carboxylic acids is 1. The Balaban J connectivity index is 2.19. The SMILES string of the molecule is CC(CCCO)NC(=O)NC1CCCC1C. The van der Waals surface area contributed by atoms with Crippen LogP contribution in [-0.2, 0) is 0 Å². The molecule has 4 heteroatoms. The van der Waals surface area contributed by atoms with Gasteiger partial charge in [0.05, 0.1) is 0 Å². The Morgan fingerprint density at radius 3 is 2.81 bits per heavy atom. The van der Waals surface area contributed by atoms with Crippen molar-refractivity contribution in [1.82, 2.24) is 10.6 Å². The molecule has 1 rings (SSSR count). The quantitative estimate of drug-likeness (QED) is 0.670. The van der Waals surface area contributed by atoms with E-state index in [2.05, 4.69) is 17.6 Å². The maximum atomic E-state index is 11.6. The molecule has 0 aromatic heterocycles. The van der Waals surface area contributed by atoms with Crippen LogP contribution in [0.15, 0.2) is 0 Å². The van der Waals surface area contributed by atoms with Crippen molar-refractivity contribution < 1.29 is 9.90 Å². The fourth-order valence-corrected chi connectivity index (χ4v) is 2.26. The smallest absolute Gasteiger partial charge is 0.315 e. The van der Waals surface area contributed by atoms with E-state index in [-0.39, 0.29) is 18.7 Å². The van der Waals surface area contributed by atoms with Gasteiger partial charge in [-0.1, -0.05) is 13.3 Å². The first-order valence-electron chi connectivity index (χ1n) is 6.31. The van der Waals surface area contributed by atoms with E-state index in [1.54, 1.807) is 0 Å². The Labute approximate surface area is 97.8 Å². The molecule has 1 fully saturated rings. The molecule has 0 spiro atoms. The lowest BCUT2D eigenvalue weighted by Gasteiger charge is -2.20. The lowest BCUT2D eigenvalue weighted by Crippen LogP contribution is -2.46. The second-order valence-corrected chi connectivity index (χ2v) is 4.90. The van der Waals surface area contributed by atoms with Gasteiger partial charge in [-0.3, -0.25) is 0 Å². The molecular formula is C12H24N2O2. The van der Waals surface area contributed by atoms with Crippen LogP contribution in [0.25, 0.3) is 0 Å². The van der Waals surface area contributed by atoms with Crippen molar-refractivity contribution in [2.75, 3.05) is 6.61 Å². The van der Waals surface area contributed by atoms with Crippen LogP contribution >= 0.6 is 0 Å². The van der Waals surface area contributed by atoms with Gasteiger partial charge in [-0.2, -0.15) is 0 Å². The van der Waals surface area contributed by atoms with Crippen molar-refractivity contribution >= 4 is 6.03 Å². The summed E-state index contributed by atoms with van der Waals surface area (Å²) in [4.78, 5) is 11.6. The number of nitrogens with one attached hydrogen (secondary N) is 2. The third kappa shape index (κ3) is 4.39. The number of urea groups is 1. The normalized spacial score (nSPS) is 26.4. The largest absolute Gasteiger partial charge is 0.396 e. The van der Waals surface area contributed by atoms with Crippen LogP contribution in [0.3, 0.4) is 0 Å². The fourth-order valence-electron chi connectivity index (χ4n) is 2.26. The molecule has 2 amide bonds. The molecule has 0 aromatic carbocycles. The van der Waals surface area contributed by atoms with Gasteiger partial charge in [-0.25, -0.2) is 4.79 Å². The van der Waals surface area contributed by atoms with Crippen molar-refractivity contribution in [3.8, 4) is 0 Å². The predicted molar refractivity (Wildman–Crippen MR) is 64.3 cm³/mol. The van der Waals surface area contributed by atoms with E-state index < -0.39 is 0 Å². The highest BCUT2D eigenvalue weighted by atomic mass is 16.3. The zero-order valence-electron chi connectivity index (χ0n) is 10.3. The minimum absolute atomic E-state index is 0.0656. The monoisotopic (exact) mass is 228 g/mol. The summed E-state index contributed by atoms with van der Waals surface area (Å²) in [6.07, 6.45) is 5.09. The maximum Gasteiger partial charge on any atom is 0.315 e. The Hall–Kier alpha value is -0.770. The van der Waals surface area contributed by atoms with E-state index in [9.17, 15) is 4.79 Å². The van der Waals surface area contributed by atoms with Crippen LogP contribution in [0, 0.1) is 5.92 Å². The summed E-state index contributed by atoms with van der Waals surface area (Å²) in [7, 11) is 0. The molecule has 0 radical (unpaired) electrons. The van der Waals surface area contributed by atoms with Crippen molar-refractivity contribution in [2.24, 2.45) is 5.92 Å². The minimum atomic E-state index is -0.0656. The summed E-state index contributed by atoms with van der Waals surface area (Å²) in [6.45, 7) is 4.34. The summed E-state index contributed by atoms with van der Waals surface area (Å²) in [5.41, 5.74) is 0. The number of amides is 2. The van der Waals surface area contributed by atoms with Crippen molar-refractivity contribution in [3.05, 3.63) is 0 Å². The lowest BCUT2D eigenvalue weighted by molar-refractivity contribution is 0.228. The van der Waals surface area contributed by atoms with Crippen molar-refractivity contribution in [3.63, 3.8) is 0 Å².